The van der Waals surface area contributed by atoms with Gasteiger partial charge in [0, 0.05) is 35.2 Å². The summed E-state index contributed by atoms with van der Waals surface area (Å²) in [5, 5.41) is 1.01. The Bertz CT molecular complexity index is 899. The van der Waals surface area contributed by atoms with Crippen LogP contribution in [0, 0.1) is 0 Å². The topological polar surface area (TPSA) is 170 Å². The molecule has 2 aromatic carbocycles. The van der Waals surface area contributed by atoms with Gasteiger partial charge < -0.3 is 26.5 Å². The Balaban J connectivity index is 0.00000144. The number of rotatable bonds is 2. The zero-order valence-corrected chi connectivity index (χ0v) is 13.2. The molecular formula is C17H20N4O4. The van der Waals surface area contributed by atoms with Crippen LogP contribution in [0.4, 0.5) is 0 Å². The summed E-state index contributed by atoms with van der Waals surface area (Å²) in [7, 11) is 0. The van der Waals surface area contributed by atoms with Gasteiger partial charge in [-0.05, 0) is 18.2 Å². The molecule has 0 aliphatic heterocycles. The molecule has 0 radical (unpaired) electrons. The van der Waals surface area contributed by atoms with Crippen molar-refractivity contribution in [2.45, 2.75) is 0 Å². The van der Waals surface area contributed by atoms with Crippen LogP contribution >= 0.6 is 0 Å². The highest BCUT2D eigenvalue weighted by Gasteiger charge is 2.04. The van der Waals surface area contributed by atoms with Crippen LogP contribution in [-0.4, -0.2) is 41.4 Å². The molecule has 132 valence electrons. The minimum atomic E-state index is 0. The second-order valence-corrected chi connectivity index (χ2v) is 4.77. The number of hydrogen-bond donors (Lipinski definition) is 0. The molecule has 0 spiro atoms. The summed E-state index contributed by atoms with van der Waals surface area (Å²) >= 11 is 0. The summed E-state index contributed by atoms with van der Waals surface area (Å²) in [6, 6.07) is 16.1. The van der Waals surface area contributed by atoms with E-state index in [0.717, 1.165) is 28.0 Å². The fourth-order valence-electron chi connectivity index (χ4n) is 2.32. The summed E-state index contributed by atoms with van der Waals surface area (Å²) in [6.07, 6.45) is 7.32. The number of hydrogen-bond acceptors (Lipinski definition) is 3. The Kier molecular flexibility index (Phi) is 8.04. The van der Waals surface area contributed by atoms with Gasteiger partial charge in [-0.2, -0.15) is 0 Å². The molecule has 2 heterocycles. The highest BCUT2D eigenvalue weighted by Crippen LogP contribution is 2.20. The van der Waals surface area contributed by atoms with Crippen molar-refractivity contribution in [3.63, 3.8) is 0 Å². The zero-order chi connectivity index (χ0) is 14.1. The highest BCUT2D eigenvalue weighted by molar-refractivity contribution is 5.81. The molecular weight excluding hydrogens is 324 g/mol. The largest absolute Gasteiger partial charge is 0.412 e. The van der Waals surface area contributed by atoms with E-state index >= 15 is 0 Å². The summed E-state index contributed by atoms with van der Waals surface area (Å²) in [4.78, 5) is 13.2. The van der Waals surface area contributed by atoms with Gasteiger partial charge in [-0.3, -0.25) is 0 Å². The minimum Gasteiger partial charge on any atom is -0.412 e. The predicted molar refractivity (Wildman–Crippen MR) is 96.6 cm³/mol. The van der Waals surface area contributed by atoms with Gasteiger partial charge in [0.15, 0.2) is 5.82 Å². The Labute approximate surface area is 143 Å². The molecule has 2 aromatic heterocycles. The van der Waals surface area contributed by atoms with Gasteiger partial charge >= 0.3 is 0 Å². The van der Waals surface area contributed by atoms with Crippen molar-refractivity contribution >= 4 is 10.9 Å². The lowest BCUT2D eigenvalue weighted by Gasteiger charge is -2.05. The molecule has 8 N–H and O–H groups in total. The van der Waals surface area contributed by atoms with Gasteiger partial charge in [0.2, 0.25) is 0 Å². The number of benzene rings is 2. The molecule has 0 aliphatic rings. The number of aromatic nitrogens is 4. The van der Waals surface area contributed by atoms with Crippen LogP contribution < -0.4 is 0 Å². The average Bonchev–Trinajstić information content (AvgIpc) is 3.09. The molecule has 0 fully saturated rings. The summed E-state index contributed by atoms with van der Waals surface area (Å²) in [6.45, 7) is 0. The summed E-state index contributed by atoms with van der Waals surface area (Å²) in [5.74, 6) is 0.749. The van der Waals surface area contributed by atoms with Crippen LogP contribution in [0.2, 0.25) is 0 Å². The van der Waals surface area contributed by atoms with Gasteiger partial charge in [0.25, 0.3) is 0 Å². The first kappa shape index (κ1) is 21.8. The maximum absolute atomic E-state index is 4.63. The Morgan fingerprint density at radius 1 is 0.840 bits per heavy atom. The van der Waals surface area contributed by atoms with Gasteiger partial charge in [0.1, 0.15) is 0 Å². The first-order chi connectivity index (χ1) is 10.4. The molecule has 8 heteroatoms. The number of fused-ring (bicyclic) bond motifs is 1. The molecule has 0 amide bonds. The van der Waals surface area contributed by atoms with E-state index in [4.69, 9.17) is 0 Å². The van der Waals surface area contributed by atoms with E-state index < -0.39 is 0 Å². The van der Waals surface area contributed by atoms with Crippen LogP contribution in [0.25, 0.3) is 28.0 Å². The molecule has 0 atom stereocenters. The van der Waals surface area contributed by atoms with Crippen molar-refractivity contribution in [1.29, 1.82) is 0 Å². The molecule has 0 unspecified atom stereocenters. The third kappa shape index (κ3) is 4.22. The van der Waals surface area contributed by atoms with Crippen molar-refractivity contribution in [3.8, 4) is 17.1 Å². The minimum absolute atomic E-state index is 0. The summed E-state index contributed by atoms with van der Waals surface area (Å²) < 4.78 is 1.96. The molecule has 0 saturated carbocycles. The van der Waals surface area contributed by atoms with Crippen LogP contribution in [-0.2, 0) is 0 Å². The molecule has 25 heavy (non-hydrogen) atoms. The Hall–Kier alpha value is -3.17. The van der Waals surface area contributed by atoms with Crippen LogP contribution in [0.15, 0.2) is 73.4 Å². The molecule has 4 aromatic rings. The third-order valence-corrected chi connectivity index (χ3v) is 3.40. The van der Waals surface area contributed by atoms with Crippen molar-refractivity contribution in [2.24, 2.45) is 0 Å². The van der Waals surface area contributed by atoms with Gasteiger partial charge in [0.05, 0.1) is 11.8 Å². The van der Waals surface area contributed by atoms with Crippen LogP contribution in [0.5, 0.6) is 0 Å². The van der Waals surface area contributed by atoms with E-state index in [1.165, 1.54) is 0 Å². The fourth-order valence-corrected chi connectivity index (χ4v) is 2.32. The molecule has 0 saturated heterocycles. The molecule has 8 nitrogen and oxygen atoms in total. The van der Waals surface area contributed by atoms with Gasteiger partial charge in [-0.15, -0.1) is 0 Å². The van der Waals surface area contributed by atoms with Crippen molar-refractivity contribution in [3.05, 3.63) is 73.4 Å². The summed E-state index contributed by atoms with van der Waals surface area (Å²) in [5.41, 5.74) is 3.02. The lowest BCUT2D eigenvalue weighted by Crippen LogP contribution is -1.93. The third-order valence-electron chi connectivity index (χ3n) is 3.40. The molecule has 4 rings (SSSR count). The lowest BCUT2D eigenvalue weighted by atomic mass is 10.2. The average molecular weight is 344 g/mol. The fraction of sp³-hybridized carbons (Fsp3) is 0. The standard InChI is InChI=1S/C17H12N4.4H2O/c1-2-4-13(5-3-1)17-19-11-14-10-15(6-7-16(14)20-17)21-9-8-18-12-21;;;;/h1-12H;4*1H2. The predicted octanol–water partition coefficient (Wildman–Crippen LogP) is 0.184. The smallest absolute Gasteiger partial charge is 0.159 e. The lowest BCUT2D eigenvalue weighted by molar-refractivity contribution is 0.823. The van der Waals surface area contributed by atoms with E-state index in [2.05, 4.69) is 21.0 Å². The monoisotopic (exact) mass is 344 g/mol. The quantitative estimate of drug-likeness (QED) is 0.506. The van der Waals surface area contributed by atoms with Crippen molar-refractivity contribution in [1.82, 2.24) is 19.5 Å². The number of nitrogens with zero attached hydrogens (tertiary/aromatic N) is 4. The maximum atomic E-state index is 4.63. The molecule has 0 bridgehead atoms. The normalized spacial score (nSPS) is 9.12. The van der Waals surface area contributed by atoms with E-state index in [1.54, 1.807) is 12.5 Å². The second kappa shape index (κ2) is 9.21. The highest BCUT2D eigenvalue weighted by atomic mass is 16.0. The van der Waals surface area contributed by atoms with Gasteiger partial charge in [-0.1, -0.05) is 30.3 Å². The Morgan fingerprint density at radius 2 is 1.60 bits per heavy atom. The molecule has 0 aliphatic carbocycles. The van der Waals surface area contributed by atoms with E-state index in [9.17, 15) is 0 Å². The first-order valence-corrected chi connectivity index (χ1v) is 6.71. The first-order valence-electron chi connectivity index (χ1n) is 6.71. The van der Waals surface area contributed by atoms with Gasteiger partial charge in [-0.25, -0.2) is 15.0 Å². The van der Waals surface area contributed by atoms with Crippen molar-refractivity contribution < 1.29 is 21.9 Å². The van der Waals surface area contributed by atoms with E-state index in [1.807, 2.05) is 59.4 Å². The Morgan fingerprint density at radius 3 is 2.28 bits per heavy atom. The second-order valence-electron chi connectivity index (χ2n) is 4.77. The van der Waals surface area contributed by atoms with Crippen molar-refractivity contribution in [2.75, 3.05) is 0 Å². The van der Waals surface area contributed by atoms with Crippen LogP contribution in [0.1, 0.15) is 0 Å². The van der Waals surface area contributed by atoms with Crippen LogP contribution in [0.3, 0.4) is 0 Å². The van der Waals surface area contributed by atoms with E-state index in [-0.39, 0.29) is 21.9 Å². The van der Waals surface area contributed by atoms with E-state index in [0.29, 0.717) is 0 Å². The number of imidazole rings is 1. The maximum Gasteiger partial charge on any atom is 0.159 e. The SMILES string of the molecule is O.O.O.O.c1ccc(-c2ncc3cc(-n4ccnc4)ccc3n2)cc1. The zero-order valence-electron chi connectivity index (χ0n) is 13.2.